The summed E-state index contributed by atoms with van der Waals surface area (Å²) in [5.41, 5.74) is 5.35. The molecule has 1 atom stereocenters. The predicted octanol–water partition coefficient (Wildman–Crippen LogP) is 4.65. The minimum atomic E-state index is -0.942. The van der Waals surface area contributed by atoms with Gasteiger partial charge in [-0.25, -0.2) is 0 Å². The zero-order valence-corrected chi connectivity index (χ0v) is 21.7. The van der Waals surface area contributed by atoms with Crippen LogP contribution >= 0.6 is 0 Å². The number of hydrogen-bond acceptors (Lipinski definition) is 7. The van der Waals surface area contributed by atoms with Crippen molar-refractivity contribution in [2.45, 2.75) is 13.0 Å². The van der Waals surface area contributed by atoms with E-state index in [1.54, 1.807) is 17.0 Å². The number of carboxylic acids is 1. The highest BCUT2D eigenvalue weighted by molar-refractivity contribution is 5.85. The number of rotatable bonds is 11. The van der Waals surface area contributed by atoms with Gasteiger partial charge in [0.05, 0.1) is 30.9 Å². The van der Waals surface area contributed by atoms with Gasteiger partial charge in [0, 0.05) is 12.1 Å². The van der Waals surface area contributed by atoms with Crippen molar-refractivity contribution in [1.29, 1.82) is 5.26 Å². The van der Waals surface area contributed by atoms with Gasteiger partial charge in [0.2, 0.25) is 0 Å². The lowest BCUT2D eigenvalue weighted by Gasteiger charge is -2.32. The second-order valence-electron chi connectivity index (χ2n) is 9.07. The molecule has 0 saturated carbocycles. The lowest BCUT2D eigenvalue weighted by atomic mass is 9.95. The normalized spacial score (nSPS) is 15.6. The largest absolute Gasteiger partial charge is 0.490 e. The molecule has 0 unspecified atom stereocenters. The zero-order chi connectivity index (χ0) is 27.6. The van der Waals surface area contributed by atoms with Gasteiger partial charge < -0.3 is 19.3 Å². The lowest BCUT2D eigenvalue weighted by Crippen LogP contribution is -2.50. The van der Waals surface area contributed by atoms with Crippen LogP contribution in [0.4, 0.5) is 0 Å². The maximum absolute atomic E-state index is 11.8. The summed E-state index contributed by atoms with van der Waals surface area (Å²) in [5, 5.41) is 19.2. The predicted molar refractivity (Wildman–Crippen MR) is 147 cm³/mol. The SMILES string of the molecule is Cc1cc(OCCOCN2CCOC[C@H]2C(=O)O)c(C=O)cc1/C=C/c1cccc(-c2ccccc2)c1C#N. The monoisotopic (exact) mass is 526 g/mol. The summed E-state index contributed by atoms with van der Waals surface area (Å²) in [6.45, 7) is 3.59. The van der Waals surface area contributed by atoms with E-state index in [1.165, 1.54) is 0 Å². The van der Waals surface area contributed by atoms with E-state index < -0.39 is 12.0 Å². The van der Waals surface area contributed by atoms with Crippen molar-refractivity contribution in [3.63, 3.8) is 0 Å². The van der Waals surface area contributed by atoms with Crippen molar-refractivity contribution in [2.24, 2.45) is 0 Å². The number of nitriles is 1. The fraction of sp³-hybridized carbons (Fsp3) is 0.258. The molecule has 8 nitrogen and oxygen atoms in total. The Bertz CT molecular complexity index is 1380. The van der Waals surface area contributed by atoms with E-state index >= 15 is 0 Å². The number of ether oxygens (including phenoxy) is 3. The van der Waals surface area contributed by atoms with E-state index in [-0.39, 0.29) is 26.6 Å². The third-order valence-corrected chi connectivity index (χ3v) is 6.53. The minimum Gasteiger partial charge on any atom is -0.490 e. The van der Waals surface area contributed by atoms with Crippen molar-refractivity contribution in [2.75, 3.05) is 39.7 Å². The minimum absolute atomic E-state index is 0.133. The molecule has 1 heterocycles. The molecule has 0 amide bonds. The average molecular weight is 527 g/mol. The summed E-state index contributed by atoms with van der Waals surface area (Å²) in [7, 11) is 0. The van der Waals surface area contributed by atoms with Crippen LogP contribution in [0.15, 0.2) is 60.7 Å². The molecule has 1 aliphatic rings. The first kappa shape index (κ1) is 27.7. The molecule has 1 aliphatic heterocycles. The smallest absolute Gasteiger partial charge is 0.323 e. The Hall–Kier alpha value is -4.29. The van der Waals surface area contributed by atoms with Gasteiger partial charge in [-0.2, -0.15) is 5.26 Å². The Morgan fingerprint density at radius 3 is 2.64 bits per heavy atom. The Kier molecular flexibility index (Phi) is 9.59. The maximum atomic E-state index is 11.8. The highest BCUT2D eigenvalue weighted by Gasteiger charge is 2.29. The third kappa shape index (κ3) is 6.98. The molecule has 0 aromatic heterocycles. The summed E-state index contributed by atoms with van der Waals surface area (Å²) >= 11 is 0. The molecule has 3 aromatic carbocycles. The maximum Gasteiger partial charge on any atom is 0.323 e. The number of carbonyl (C=O) groups excluding carboxylic acids is 1. The number of benzene rings is 3. The molecule has 0 aliphatic carbocycles. The van der Waals surface area contributed by atoms with Crippen LogP contribution in [0.2, 0.25) is 0 Å². The number of carboxylic acid groups (broad SMARTS) is 1. The number of aryl methyl sites for hydroxylation is 1. The highest BCUT2D eigenvalue weighted by atomic mass is 16.5. The van der Waals surface area contributed by atoms with Gasteiger partial charge in [-0.3, -0.25) is 14.5 Å². The quantitative estimate of drug-likeness (QED) is 0.218. The van der Waals surface area contributed by atoms with Crippen molar-refractivity contribution in [1.82, 2.24) is 4.90 Å². The van der Waals surface area contributed by atoms with Crippen molar-refractivity contribution in [3.8, 4) is 22.9 Å². The van der Waals surface area contributed by atoms with Gasteiger partial charge in [-0.05, 0) is 41.3 Å². The van der Waals surface area contributed by atoms with Crippen molar-refractivity contribution < 1.29 is 28.9 Å². The van der Waals surface area contributed by atoms with Crippen molar-refractivity contribution >= 4 is 24.4 Å². The van der Waals surface area contributed by atoms with E-state index in [2.05, 4.69) is 6.07 Å². The number of hydrogen-bond donors (Lipinski definition) is 1. The summed E-state index contributed by atoms with van der Waals surface area (Å²) in [6.07, 6.45) is 4.52. The fourth-order valence-electron chi connectivity index (χ4n) is 4.40. The molecule has 39 heavy (non-hydrogen) atoms. The second-order valence-corrected chi connectivity index (χ2v) is 9.07. The fourth-order valence-corrected chi connectivity index (χ4v) is 4.40. The van der Waals surface area contributed by atoms with Gasteiger partial charge in [0.1, 0.15) is 31.2 Å². The van der Waals surface area contributed by atoms with Gasteiger partial charge in [-0.15, -0.1) is 0 Å². The van der Waals surface area contributed by atoms with E-state index in [0.29, 0.717) is 30.0 Å². The van der Waals surface area contributed by atoms with E-state index in [4.69, 9.17) is 14.2 Å². The van der Waals surface area contributed by atoms with Crippen LogP contribution in [0.25, 0.3) is 23.3 Å². The molecule has 8 heteroatoms. The molecule has 200 valence electrons. The molecular weight excluding hydrogens is 496 g/mol. The molecule has 0 spiro atoms. The molecule has 0 radical (unpaired) electrons. The van der Waals surface area contributed by atoms with Crippen LogP contribution in [0.3, 0.4) is 0 Å². The number of nitrogens with zero attached hydrogens (tertiary/aromatic N) is 2. The van der Waals surface area contributed by atoms with E-state index in [0.717, 1.165) is 34.1 Å². The summed E-state index contributed by atoms with van der Waals surface area (Å²) in [6, 6.07) is 20.7. The Morgan fingerprint density at radius 2 is 1.90 bits per heavy atom. The molecule has 1 fully saturated rings. The molecular formula is C31H30N2O6. The van der Waals surface area contributed by atoms with Crippen LogP contribution < -0.4 is 4.74 Å². The van der Waals surface area contributed by atoms with E-state index in [9.17, 15) is 20.0 Å². The topological polar surface area (TPSA) is 109 Å². The van der Waals surface area contributed by atoms with Gasteiger partial charge in [0.15, 0.2) is 6.29 Å². The van der Waals surface area contributed by atoms with Gasteiger partial charge >= 0.3 is 5.97 Å². The Labute approximate surface area is 227 Å². The number of carbonyl (C=O) groups is 2. The zero-order valence-electron chi connectivity index (χ0n) is 21.7. The first-order valence-electron chi connectivity index (χ1n) is 12.6. The number of morpholine rings is 1. The van der Waals surface area contributed by atoms with Crippen molar-refractivity contribution in [3.05, 3.63) is 88.5 Å². The summed E-state index contributed by atoms with van der Waals surface area (Å²) in [5.74, 6) is -0.496. The van der Waals surface area contributed by atoms with Crippen LogP contribution in [0.5, 0.6) is 5.75 Å². The number of aliphatic carboxylic acids is 1. The standard InChI is InChI=1S/C31H30N2O6/c1-22-16-30(39-15-14-38-21-33-12-13-37-20-29(33)31(35)36)26(19-34)17-25(22)11-10-24-8-5-9-27(28(24)18-32)23-6-3-2-4-7-23/h2-11,16-17,19,29H,12-15,20-21H2,1H3,(H,35,36)/b11-10+/t29-/m0/s1. The molecule has 0 bridgehead atoms. The molecule has 3 aromatic rings. The molecule has 4 rings (SSSR count). The van der Waals surface area contributed by atoms with E-state index in [1.807, 2.05) is 67.6 Å². The van der Waals surface area contributed by atoms with Gasteiger partial charge in [-0.1, -0.05) is 60.7 Å². The first-order valence-corrected chi connectivity index (χ1v) is 12.6. The van der Waals surface area contributed by atoms with Crippen LogP contribution in [0.1, 0.15) is 32.6 Å². The third-order valence-electron chi connectivity index (χ3n) is 6.53. The average Bonchev–Trinajstić information content (AvgIpc) is 2.96. The molecule has 1 saturated heterocycles. The Balaban J connectivity index is 1.41. The summed E-state index contributed by atoms with van der Waals surface area (Å²) < 4.78 is 16.6. The second kappa shape index (κ2) is 13.5. The van der Waals surface area contributed by atoms with Crippen LogP contribution in [-0.2, 0) is 14.3 Å². The van der Waals surface area contributed by atoms with Crippen LogP contribution in [0, 0.1) is 18.3 Å². The first-order chi connectivity index (χ1) is 19.0. The molecule has 1 N–H and O–H groups in total. The number of aldehydes is 1. The van der Waals surface area contributed by atoms with Gasteiger partial charge in [0.25, 0.3) is 0 Å². The Morgan fingerprint density at radius 1 is 1.10 bits per heavy atom. The lowest BCUT2D eigenvalue weighted by molar-refractivity contribution is -0.154. The van der Waals surface area contributed by atoms with Crippen LogP contribution in [-0.4, -0.2) is 68.0 Å². The highest BCUT2D eigenvalue weighted by Crippen LogP contribution is 2.28. The summed E-state index contributed by atoms with van der Waals surface area (Å²) in [4.78, 5) is 24.9.